The van der Waals surface area contributed by atoms with Crippen molar-refractivity contribution in [3.05, 3.63) is 29.3 Å². The smallest absolute Gasteiger partial charge is 0.161 e. The Kier molecular flexibility index (Phi) is 4.25. The fourth-order valence-electron chi connectivity index (χ4n) is 2.38. The third-order valence-corrected chi connectivity index (χ3v) is 9.47. The van der Waals surface area contributed by atoms with Crippen LogP contribution in [0.4, 0.5) is 8.78 Å². The third-order valence-electron chi connectivity index (χ3n) is 3.88. The molecule has 0 saturated heterocycles. The van der Waals surface area contributed by atoms with Crippen LogP contribution in [0.25, 0.3) is 0 Å². The molecule has 0 aromatic heterocycles. The molecule has 0 aliphatic rings. The van der Waals surface area contributed by atoms with Crippen LogP contribution >= 0.6 is 0 Å². The first-order valence-corrected chi connectivity index (χ1v) is 8.59. The Morgan fingerprint density at radius 3 is 1.88 bits per heavy atom. The summed E-state index contributed by atoms with van der Waals surface area (Å²) in [7, 11) is -1.81. The molecule has 0 spiro atoms. The van der Waals surface area contributed by atoms with E-state index in [0.29, 0.717) is 10.8 Å². The van der Waals surface area contributed by atoms with Gasteiger partial charge in [0.2, 0.25) is 0 Å². The Morgan fingerprint density at radius 2 is 1.44 bits per heavy atom. The fraction of sp³-hybridized carbons (Fsp3) is 0.538. The van der Waals surface area contributed by atoms with Gasteiger partial charge in [-0.15, -0.1) is 0 Å². The molecular formula is C13H20F2Si. The van der Waals surface area contributed by atoms with Gasteiger partial charge in [0.15, 0.2) is 11.6 Å². The highest BCUT2D eigenvalue weighted by Crippen LogP contribution is 2.23. The summed E-state index contributed by atoms with van der Waals surface area (Å²) in [5, 5.41) is 0.670. The third kappa shape index (κ3) is 2.05. The summed E-state index contributed by atoms with van der Waals surface area (Å²) >= 11 is 0. The van der Waals surface area contributed by atoms with E-state index in [4.69, 9.17) is 0 Å². The average Bonchev–Trinajstić information content (AvgIpc) is 2.31. The van der Waals surface area contributed by atoms with Gasteiger partial charge in [0.1, 0.15) is 0 Å². The maximum absolute atomic E-state index is 14.0. The van der Waals surface area contributed by atoms with Crippen molar-refractivity contribution < 1.29 is 8.78 Å². The van der Waals surface area contributed by atoms with Crippen LogP contribution in [0, 0.1) is 18.6 Å². The maximum atomic E-state index is 14.0. The maximum Gasteiger partial charge on any atom is 0.161 e. The summed E-state index contributed by atoms with van der Waals surface area (Å²) in [6.45, 7) is 7.89. The Labute approximate surface area is 97.7 Å². The molecule has 0 amide bonds. The SMILES string of the molecule is CC[Si](CC)(CC)c1ccc(C)c(F)c1F. The Hall–Kier alpha value is -0.703. The minimum Gasteiger partial charge on any atom is -0.204 e. The second kappa shape index (κ2) is 5.08. The van der Waals surface area contributed by atoms with E-state index in [-0.39, 0.29) is 0 Å². The van der Waals surface area contributed by atoms with Crippen LogP contribution in [0.5, 0.6) is 0 Å². The molecule has 1 aromatic rings. The summed E-state index contributed by atoms with van der Waals surface area (Å²) in [4.78, 5) is 0. The number of hydrogen-bond donors (Lipinski definition) is 0. The molecule has 3 heteroatoms. The van der Waals surface area contributed by atoms with Crippen molar-refractivity contribution in [3.8, 4) is 0 Å². The standard InChI is InChI=1S/C13H20F2Si/c1-5-16(6-2,7-3)11-9-8-10(4)12(14)13(11)15/h8-9H,5-7H2,1-4H3. The van der Waals surface area contributed by atoms with E-state index in [1.165, 1.54) is 0 Å². The zero-order valence-electron chi connectivity index (χ0n) is 10.5. The quantitative estimate of drug-likeness (QED) is 0.700. The second-order valence-electron chi connectivity index (χ2n) is 4.40. The number of rotatable bonds is 4. The van der Waals surface area contributed by atoms with Gasteiger partial charge in [-0.05, 0) is 17.7 Å². The van der Waals surface area contributed by atoms with Crippen LogP contribution in [0.15, 0.2) is 12.1 Å². The lowest BCUT2D eigenvalue weighted by molar-refractivity contribution is 0.507. The van der Waals surface area contributed by atoms with Gasteiger partial charge in [-0.1, -0.05) is 51.0 Å². The predicted octanol–water partition coefficient (Wildman–Crippen LogP) is 3.99. The zero-order valence-corrected chi connectivity index (χ0v) is 11.5. The van der Waals surface area contributed by atoms with Crippen LogP contribution in [0.2, 0.25) is 18.1 Å². The van der Waals surface area contributed by atoms with Crippen molar-refractivity contribution in [1.29, 1.82) is 0 Å². The summed E-state index contributed by atoms with van der Waals surface area (Å²) in [6.07, 6.45) is 0. The highest BCUT2D eigenvalue weighted by Gasteiger charge is 2.33. The summed E-state index contributed by atoms with van der Waals surface area (Å²) in [5.74, 6) is -1.26. The van der Waals surface area contributed by atoms with Gasteiger partial charge in [-0.2, -0.15) is 0 Å². The Bertz CT molecular complexity index is 362. The van der Waals surface area contributed by atoms with E-state index >= 15 is 0 Å². The first-order valence-electron chi connectivity index (χ1n) is 5.97. The predicted molar refractivity (Wildman–Crippen MR) is 67.9 cm³/mol. The highest BCUT2D eigenvalue weighted by atomic mass is 28.3. The minimum atomic E-state index is -1.81. The summed E-state index contributed by atoms with van der Waals surface area (Å²) in [6, 6.07) is 6.42. The lowest BCUT2D eigenvalue weighted by Crippen LogP contribution is -2.48. The molecule has 0 N–H and O–H groups in total. The van der Waals surface area contributed by atoms with Crippen molar-refractivity contribution in [2.24, 2.45) is 0 Å². The van der Waals surface area contributed by atoms with Gasteiger partial charge < -0.3 is 0 Å². The van der Waals surface area contributed by atoms with E-state index in [1.807, 2.05) is 0 Å². The molecule has 1 aromatic carbocycles. The van der Waals surface area contributed by atoms with E-state index in [2.05, 4.69) is 20.8 Å². The number of halogens is 2. The van der Waals surface area contributed by atoms with Crippen molar-refractivity contribution >= 4 is 13.3 Å². The first kappa shape index (κ1) is 13.4. The van der Waals surface area contributed by atoms with Crippen LogP contribution < -0.4 is 5.19 Å². The van der Waals surface area contributed by atoms with Gasteiger partial charge in [0.05, 0.1) is 8.07 Å². The fourth-order valence-corrected chi connectivity index (χ4v) is 6.03. The Balaban J connectivity index is 3.36. The first-order chi connectivity index (χ1) is 7.52. The molecule has 0 aliphatic heterocycles. The largest absolute Gasteiger partial charge is 0.204 e. The molecule has 0 bridgehead atoms. The topological polar surface area (TPSA) is 0 Å². The monoisotopic (exact) mass is 242 g/mol. The van der Waals surface area contributed by atoms with Crippen LogP contribution in [0.3, 0.4) is 0 Å². The number of benzene rings is 1. The van der Waals surface area contributed by atoms with E-state index in [0.717, 1.165) is 18.1 Å². The van der Waals surface area contributed by atoms with Crippen molar-refractivity contribution in [1.82, 2.24) is 0 Å². The molecule has 0 saturated carbocycles. The molecule has 0 unspecified atom stereocenters. The normalized spacial score (nSPS) is 11.9. The molecule has 90 valence electrons. The second-order valence-corrected chi connectivity index (χ2v) is 9.62. The van der Waals surface area contributed by atoms with E-state index in [1.54, 1.807) is 19.1 Å². The molecule has 0 heterocycles. The summed E-state index contributed by atoms with van der Waals surface area (Å²) < 4.78 is 27.6. The Morgan fingerprint density at radius 1 is 0.938 bits per heavy atom. The lowest BCUT2D eigenvalue weighted by atomic mass is 10.2. The minimum absolute atomic E-state index is 0.396. The average molecular weight is 242 g/mol. The zero-order chi connectivity index (χ0) is 12.3. The van der Waals surface area contributed by atoms with Crippen LogP contribution in [-0.4, -0.2) is 8.07 Å². The highest BCUT2D eigenvalue weighted by molar-refractivity contribution is 6.91. The van der Waals surface area contributed by atoms with Crippen LogP contribution in [-0.2, 0) is 0 Å². The molecular weight excluding hydrogens is 222 g/mol. The van der Waals surface area contributed by atoms with Gasteiger partial charge in [0, 0.05) is 0 Å². The van der Waals surface area contributed by atoms with Gasteiger partial charge in [0.25, 0.3) is 0 Å². The van der Waals surface area contributed by atoms with Gasteiger partial charge in [-0.3, -0.25) is 0 Å². The van der Waals surface area contributed by atoms with Gasteiger partial charge >= 0.3 is 0 Å². The number of hydrogen-bond acceptors (Lipinski definition) is 0. The van der Waals surface area contributed by atoms with Crippen LogP contribution in [0.1, 0.15) is 26.3 Å². The van der Waals surface area contributed by atoms with Crippen molar-refractivity contribution in [3.63, 3.8) is 0 Å². The molecule has 0 nitrogen and oxygen atoms in total. The van der Waals surface area contributed by atoms with Gasteiger partial charge in [-0.25, -0.2) is 8.78 Å². The number of aryl methyl sites for hydroxylation is 1. The van der Waals surface area contributed by atoms with E-state index in [9.17, 15) is 8.78 Å². The molecule has 0 aliphatic carbocycles. The van der Waals surface area contributed by atoms with Crippen molar-refractivity contribution in [2.75, 3.05) is 0 Å². The summed E-state index contributed by atoms with van der Waals surface area (Å²) in [5.41, 5.74) is 0.396. The molecule has 0 atom stereocenters. The molecule has 16 heavy (non-hydrogen) atoms. The lowest BCUT2D eigenvalue weighted by Gasteiger charge is -2.29. The van der Waals surface area contributed by atoms with Crippen molar-refractivity contribution in [2.45, 2.75) is 45.8 Å². The van der Waals surface area contributed by atoms with E-state index < -0.39 is 19.7 Å². The molecule has 1 rings (SSSR count). The molecule has 0 radical (unpaired) electrons. The molecule has 0 fully saturated rings.